The molecule has 0 fully saturated rings. The number of fused-ring (bicyclic) bond motifs is 1. The zero-order chi connectivity index (χ0) is 12.6. The van der Waals surface area contributed by atoms with Crippen LogP contribution in [0.2, 0.25) is 5.02 Å². The molecule has 0 atom stereocenters. The van der Waals surface area contributed by atoms with Crippen molar-refractivity contribution < 1.29 is 17.0 Å². The molecule has 0 aromatic heterocycles. The maximum absolute atomic E-state index is 12.9. The Labute approximate surface area is 104 Å². The van der Waals surface area contributed by atoms with Crippen molar-refractivity contribution in [2.45, 2.75) is 13.0 Å². The van der Waals surface area contributed by atoms with Crippen molar-refractivity contribution in [3.05, 3.63) is 28.3 Å². The van der Waals surface area contributed by atoms with Crippen LogP contribution in [0.25, 0.3) is 0 Å². The van der Waals surface area contributed by atoms with Gasteiger partial charge in [-0.05, 0) is 29.7 Å². The summed E-state index contributed by atoms with van der Waals surface area (Å²) in [6.45, 7) is 0.147. The van der Waals surface area contributed by atoms with E-state index >= 15 is 0 Å². The zero-order valence-electron chi connectivity index (χ0n) is 9.11. The van der Waals surface area contributed by atoms with Gasteiger partial charge in [0.1, 0.15) is 5.75 Å². The average molecular weight is 280 g/mol. The number of rotatable bonds is 2. The third-order valence-corrected chi connectivity index (χ3v) is 3.98. The molecule has 0 N–H and O–H groups in total. The van der Waals surface area contributed by atoms with Crippen molar-refractivity contribution in [2.24, 2.45) is 0 Å². The minimum Gasteiger partial charge on any atom is -0.495 e. The quantitative estimate of drug-likeness (QED) is 0.777. The Balaban J connectivity index is 2.37. The molecule has 0 bridgehead atoms. The van der Waals surface area contributed by atoms with Crippen LogP contribution in [0.3, 0.4) is 0 Å². The van der Waals surface area contributed by atoms with E-state index in [-0.39, 0.29) is 13.1 Å². The first-order valence-corrected chi connectivity index (χ1v) is 6.68. The van der Waals surface area contributed by atoms with Gasteiger partial charge in [-0.3, -0.25) is 0 Å². The first-order valence-electron chi connectivity index (χ1n) is 4.97. The summed E-state index contributed by atoms with van der Waals surface area (Å²) in [7, 11) is -3.13. The Kier molecular flexibility index (Phi) is 3.29. The number of benzene rings is 1. The van der Waals surface area contributed by atoms with E-state index in [4.69, 9.17) is 16.3 Å². The maximum Gasteiger partial charge on any atom is 0.375 e. The summed E-state index contributed by atoms with van der Waals surface area (Å²) < 4.78 is 40.3. The van der Waals surface area contributed by atoms with E-state index in [1.807, 2.05) is 0 Å². The second-order valence-electron chi connectivity index (χ2n) is 3.78. The topological polar surface area (TPSA) is 46.6 Å². The van der Waals surface area contributed by atoms with Crippen molar-refractivity contribution in [1.82, 2.24) is 4.31 Å². The minimum atomic E-state index is -4.64. The van der Waals surface area contributed by atoms with E-state index in [0.29, 0.717) is 22.8 Å². The fraction of sp³-hybridized carbons (Fsp3) is 0.400. The number of hydrogen-bond donors (Lipinski definition) is 0. The van der Waals surface area contributed by atoms with E-state index in [1.165, 1.54) is 7.11 Å². The van der Waals surface area contributed by atoms with E-state index in [2.05, 4.69) is 0 Å². The van der Waals surface area contributed by atoms with Crippen LogP contribution in [0.5, 0.6) is 5.75 Å². The molecule has 2 rings (SSSR count). The molecule has 0 unspecified atom stereocenters. The van der Waals surface area contributed by atoms with Gasteiger partial charge in [-0.1, -0.05) is 15.5 Å². The summed E-state index contributed by atoms with van der Waals surface area (Å²) >= 11 is 5.94. The molecule has 17 heavy (non-hydrogen) atoms. The molecule has 0 radical (unpaired) electrons. The highest BCUT2D eigenvalue weighted by Gasteiger charge is 2.26. The molecule has 94 valence electrons. The number of nitrogens with zero attached hydrogens (tertiary/aromatic N) is 1. The second kappa shape index (κ2) is 4.44. The van der Waals surface area contributed by atoms with Gasteiger partial charge in [0, 0.05) is 13.1 Å². The predicted octanol–water partition coefficient (Wildman–Crippen LogP) is 1.92. The highest BCUT2D eigenvalue weighted by Crippen LogP contribution is 2.31. The molecule has 0 amide bonds. The van der Waals surface area contributed by atoms with E-state index in [1.54, 1.807) is 12.1 Å². The van der Waals surface area contributed by atoms with Crippen LogP contribution in [0.4, 0.5) is 3.89 Å². The fourth-order valence-electron chi connectivity index (χ4n) is 1.87. The van der Waals surface area contributed by atoms with Crippen LogP contribution in [0.15, 0.2) is 12.1 Å². The Morgan fingerprint density at radius 2 is 2.12 bits per heavy atom. The van der Waals surface area contributed by atoms with E-state index in [0.717, 1.165) is 9.87 Å². The van der Waals surface area contributed by atoms with Gasteiger partial charge in [-0.25, -0.2) is 0 Å². The van der Waals surface area contributed by atoms with Crippen molar-refractivity contribution in [1.29, 1.82) is 0 Å². The van der Waals surface area contributed by atoms with Crippen LogP contribution < -0.4 is 4.74 Å². The molecule has 4 nitrogen and oxygen atoms in total. The summed E-state index contributed by atoms with van der Waals surface area (Å²) in [5, 5.41) is 0.393. The molecular formula is C10H11ClFNO3S. The van der Waals surface area contributed by atoms with Crippen LogP contribution in [0.1, 0.15) is 11.1 Å². The molecule has 0 spiro atoms. The lowest BCUT2D eigenvalue weighted by Crippen LogP contribution is -2.33. The zero-order valence-corrected chi connectivity index (χ0v) is 10.7. The molecule has 7 heteroatoms. The summed E-state index contributed by atoms with van der Waals surface area (Å²) in [6.07, 6.45) is 0.450. The van der Waals surface area contributed by atoms with E-state index < -0.39 is 10.4 Å². The lowest BCUT2D eigenvalue weighted by atomic mass is 10.0. The van der Waals surface area contributed by atoms with Crippen molar-refractivity contribution in [3.8, 4) is 5.75 Å². The number of methoxy groups -OCH3 is 1. The molecule has 0 aliphatic carbocycles. The molecule has 0 saturated carbocycles. The van der Waals surface area contributed by atoms with Gasteiger partial charge in [-0.15, -0.1) is 0 Å². The highest BCUT2D eigenvalue weighted by molar-refractivity contribution is 7.83. The molecular weight excluding hydrogens is 269 g/mol. The molecule has 0 saturated heterocycles. The van der Waals surface area contributed by atoms with Gasteiger partial charge in [0.25, 0.3) is 0 Å². The van der Waals surface area contributed by atoms with Crippen molar-refractivity contribution in [2.75, 3.05) is 13.7 Å². The molecule has 1 aromatic carbocycles. The largest absolute Gasteiger partial charge is 0.495 e. The van der Waals surface area contributed by atoms with Gasteiger partial charge in [0.05, 0.1) is 12.1 Å². The summed E-state index contributed by atoms with van der Waals surface area (Å²) in [4.78, 5) is 0. The normalized spacial score (nSPS) is 16.6. The fourth-order valence-corrected chi connectivity index (χ4v) is 2.74. The van der Waals surface area contributed by atoms with Crippen LogP contribution in [-0.2, 0) is 23.4 Å². The van der Waals surface area contributed by atoms with Crippen LogP contribution in [0, 0.1) is 0 Å². The Morgan fingerprint density at radius 1 is 1.41 bits per heavy atom. The molecule has 1 aliphatic heterocycles. The number of ether oxygens (including phenoxy) is 1. The number of hydrogen-bond acceptors (Lipinski definition) is 3. The first kappa shape index (κ1) is 12.6. The predicted molar refractivity (Wildman–Crippen MR) is 62.1 cm³/mol. The molecule has 1 heterocycles. The standard InChI is InChI=1S/C10H11ClFNO3S/c1-16-10-5-7-2-3-13(17(12,14)15)6-8(7)4-9(10)11/h4-5H,2-3,6H2,1H3. The summed E-state index contributed by atoms with van der Waals surface area (Å²) in [6, 6.07) is 3.38. The molecule has 1 aliphatic rings. The minimum absolute atomic E-state index is 0.0118. The molecule has 1 aromatic rings. The smallest absolute Gasteiger partial charge is 0.375 e. The third kappa shape index (κ3) is 2.53. The Morgan fingerprint density at radius 3 is 2.71 bits per heavy atom. The SMILES string of the molecule is COc1cc2c(cc1Cl)CN(S(=O)(=O)F)CC2. The average Bonchev–Trinajstić information content (AvgIpc) is 2.26. The lowest BCUT2D eigenvalue weighted by molar-refractivity contribution is 0.364. The van der Waals surface area contributed by atoms with Crippen molar-refractivity contribution >= 4 is 22.0 Å². The lowest BCUT2D eigenvalue weighted by Gasteiger charge is -2.25. The number of halogens is 2. The van der Waals surface area contributed by atoms with Gasteiger partial charge in [-0.2, -0.15) is 12.7 Å². The Hall–Kier alpha value is -0.850. The third-order valence-electron chi connectivity index (χ3n) is 2.76. The van der Waals surface area contributed by atoms with Crippen LogP contribution in [-0.4, -0.2) is 26.4 Å². The van der Waals surface area contributed by atoms with Gasteiger partial charge >= 0.3 is 10.4 Å². The van der Waals surface area contributed by atoms with Gasteiger partial charge in [0.2, 0.25) is 0 Å². The maximum atomic E-state index is 12.9. The van der Waals surface area contributed by atoms with E-state index in [9.17, 15) is 12.3 Å². The van der Waals surface area contributed by atoms with Crippen molar-refractivity contribution in [3.63, 3.8) is 0 Å². The van der Waals surface area contributed by atoms with Crippen LogP contribution >= 0.6 is 11.6 Å². The van der Waals surface area contributed by atoms with Gasteiger partial charge < -0.3 is 4.74 Å². The Bertz CT molecular complexity index is 547. The summed E-state index contributed by atoms with van der Waals surface area (Å²) in [5.41, 5.74) is 1.65. The monoisotopic (exact) mass is 279 g/mol. The first-order chi connectivity index (χ1) is 7.91. The van der Waals surface area contributed by atoms with Gasteiger partial charge in [0.15, 0.2) is 0 Å². The highest BCUT2D eigenvalue weighted by atomic mass is 35.5. The summed E-state index contributed by atoms with van der Waals surface area (Å²) in [5.74, 6) is 0.543. The second-order valence-corrected chi connectivity index (χ2v) is 5.53.